The van der Waals surface area contributed by atoms with E-state index in [4.69, 9.17) is 4.42 Å². The average Bonchev–Trinajstić information content (AvgIpc) is 3.07. The SMILES string of the molecule is CC(NC(=O)NCCc1ccccc1)C(=O)NCc1ccco1. The Morgan fingerprint density at radius 1 is 1.09 bits per heavy atom. The molecule has 0 aliphatic rings. The van der Waals surface area contributed by atoms with E-state index in [0.717, 1.165) is 12.0 Å². The molecular weight excluding hydrogens is 294 g/mol. The normalized spacial score (nSPS) is 11.5. The van der Waals surface area contributed by atoms with Gasteiger partial charge >= 0.3 is 6.03 Å². The standard InChI is InChI=1S/C17H21N3O3/c1-13(16(21)19-12-15-8-5-11-23-15)20-17(22)18-10-9-14-6-3-2-4-7-14/h2-8,11,13H,9-10,12H2,1H3,(H,19,21)(H2,18,20,22). The van der Waals surface area contributed by atoms with Gasteiger partial charge in [0.2, 0.25) is 5.91 Å². The maximum Gasteiger partial charge on any atom is 0.315 e. The lowest BCUT2D eigenvalue weighted by molar-refractivity contribution is -0.122. The number of nitrogens with one attached hydrogen (secondary N) is 3. The maximum absolute atomic E-state index is 11.9. The molecule has 0 saturated carbocycles. The van der Waals surface area contributed by atoms with Gasteiger partial charge in [0.05, 0.1) is 12.8 Å². The van der Waals surface area contributed by atoms with Crippen molar-refractivity contribution in [3.8, 4) is 0 Å². The fourth-order valence-corrected chi connectivity index (χ4v) is 2.02. The quantitative estimate of drug-likeness (QED) is 0.729. The fraction of sp³-hybridized carbons (Fsp3) is 0.294. The number of carbonyl (C=O) groups excluding carboxylic acids is 2. The van der Waals surface area contributed by atoms with Crippen molar-refractivity contribution < 1.29 is 14.0 Å². The van der Waals surface area contributed by atoms with E-state index < -0.39 is 6.04 Å². The third-order valence-corrected chi connectivity index (χ3v) is 3.30. The Bertz CT molecular complexity index is 611. The zero-order valence-corrected chi connectivity index (χ0v) is 13.0. The van der Waals surface area contributed by atoms with E-state index in [1.165, 1.54) is 0 Å². The molecule has 0 fully saturated rings. The molecule has 1 aromatic heterocycles. The molecule has 0 aliphatic carbocycles. The van der Waals surface area contributed by atoms with Gasteiger partial charge in [0, 0.05) is 6.54 Å². The highest BCUT2D eigenvalue weighted by Gasteiger charge is 2.15. The van der Waals surface area contributed by atoms with Crippen LogP contribution < -0.4 is 16.0 Å². The number of hydrogen-bond donors (Lipinski definition) is 3. The predicted octanol–water partition coefficient (Wildman–Crippen LogP) is 1.83. The number of rotatable bonds is 7. The Labute approximate surface area is 135 Å². The van der Waals surface area contributed by atoms with Gasteiger partial charge in [-0.15, -0.1) is 0 Å². The van der Waals surface area contributed by atoms with E-state index in [1.54, 1.807) is 25.3 Å². The van der Waals surface area contributed by atoms with E-state index in [9.17, 15) is 9.59 Å². The third kappa shape index (κ3) is 5.86. The summed E-state index contributed by atoms with van der Waals surface area (Å²) in [6, 6.07) is 12.4. The minimum atomic E-state index is -0.623. The molecule has 3 N–H and O–H groups in total. The minimum Gasteiger partial charge on any atom is -0.467 e. The summed E-state index contributed by atoms with van der Waals surface area (Å²) in [7, 11) is 0. The number of urea groups is 1. The van der Waals surface area contributed by atoms with Crippen molar-refractivity contribution in [3.05, 3.63) is 60.1 Å². The largest absolute Gasteiger partial charge is 0.467 e. The van der Waals surface area contributed by atoms with Crippen molar-refractivity contribution >= 4 is 11.9 Å². The summed E-state index contributed by atoms with van der Waals surface area (Å²) in [5, 5.41) is 8.04. The molecule has 6 heteroatoms. The van der Waals surface area contributed by atoms with E-state index in [-0.39, 0.29) is 11.9 Å². The molecule has 0 bridgehead atoms. The first-order valence-corrected chi connectivity index (χ1v) is 7.53. The van der Waals surface area contributed by atoms with Crippen molar-refractivity contribution in [3.63, 3.8) is 0 Å². The molecule has 1 aromatic carbocycles. The Hall–Kier alpha value is -2.76. The second kappa shape index (κ2) is 8.63. The van der Waals surface area contributed by atoms with Crippen LogP contribution in [0, 0.1) is 0 Å². The second-order valence-electron chi connectivity index (χ2n) is 5.15. The number of amides is 3. The van der Waals surface area contributed by atoms with E-state index >= 15 is 0 Å². The third-order valence-electron chi connectivity index (χ3n) is 3.30. The molecule has 1 atom stereocenters. The molecule has 23 heavy (non-hydrogen) atoms. The fourth-order valence-electron chi connectivity index (χ4n) is 2.02. The van der Waals surface area contributed by atoms with Crippen molar-refractivity contribution in [2.45, 2.75) is 25.9 Å². The Morgan fingerprint density at radius 2 is 1.87 bits per heavy atom. The molecule has 1 heterocycles. The lowest BCUT2D eigenvalue weighted by Gasteiger charge is -2.14. The molecule has 2 rings (SSSR count). The number of benzene rings is 1. The van der Waals surface area contributed by atoms with Crippen LogP contribution >= 0.6 is 0 Å². The topological polar surface area (TPSA) is 83.4 Å². The van der Waals surface area contributed by atoms with Crippen LogP contribution in [0.3, 0.4) is 0 Å². The van der Waals surface area contributed by atoms with E-state index in [1.807, 2.05) is 30.3 Å². The highest BCUT2D eigenvalue weighted by Crippen LogP contribution is 1.99. The first kappa shape index (κ1) is 16.6. The Balaban J connectivity index is 1.64. The zero-order chi connectivity index (χ0) is 16.5. The van der Waals surface area contributed by atoms with Crippen LogP contribution in [0.1, 0.15) is 18.2 Å². The van der Waals surface area contributed by atoms with Crippen LogP contribution in [0.25, 0.3) is 0 Å². The van der Waals surface area contributed by atoms with Gasteiger partial charge in [0.15, 0.2) is 0 Å². The van der Waals surface area contributed by atoms with Crippen LogP contribution in [0.15, 0.2) is 53.1 Å². The molecule has 1 unspecified atom stereocenters. The molecule has 0 spiro atoms. The first-order chi connectivity index (χ1) is 11.1. The summed E-state index contributed by atoms with van der Waals surface area (Å²) in [5.74, 6) is 0.400. The highest BCUT2D eigenvalue weighted by atomic mass is 16.3. The van der Waals surface area contributed by atoms with Crippen LogP contribution in [0.4, 0.5) is 4.79 Å². The van der Waals surface area contributed by atoms with Gasteiger partial charge in [-0.3, -0.25) is 4.79 Å². The van der Waals surface area contributed by atoms with Gasteiger partial charge in [-0.25, -0.2) is 4.79 Å². The molecular formula is C17H21N3O3. The second-order valence-corrected chi connectivity index (χ2v) is 5.15. The summed E-state index contributed by atoms with van der Waals surface area (Å²) < 4.78 is 5.13. The van der Waals surface area contributed by atoms with Crippen LogP contribution in [-0.2, 0) is 17.8 Å². The summed E-state index contributed by atoms with van der Waals surface area (Å²) in [4.78, 5) is 23.6. The van der Waals surface area contributed by atoms with Crippen LogP contribution in [0.2, 0.25) is 0 Å². The smallest absolute Gasteiger partial charge is 0.315 e. The number of hydrogen-bond acceptors (Lipinski definition) is 3. The Morgan fingerprint density at radius 3 is 2.57 bits per heavy atom. The highest BCUT2D eigenvalue weighted by molar-refractivity contribution is 5.86. The van der Waals surface area contributed by atoms with Crippen LogP contribution in [0.5, 0.6) is 0 Å². The van der Waals surface area contributed by atoms with Crippen molar-refractivity contribution in [2.24, 2.45) is 0 Å². The van der Waals surface area contributed by atoms with Crippen molar-refractivity contribution in [2.75, 3.05) is 6.54 Å². The maximum atomic E-state index is 11.9. The van der Waals surface area contributed by atoms with Crippen LogP contribution in [-0.4, -0.2) is 24.5 Å². The monoisotopic (exact) mass is 315 g/mol. The lowest BCUT2D eigenvalue weighted by Crippen LogP contribution is -2.48. The molecule has 6 nitrogen and oxygen atoms in total. The van der Waals surface area contributed by atoms with Crippen molar-refractivity contribution in [1.82, 2.24) is 16.0 Å². The molecule has 0 aliphatic heterocycles. The van der Waals surface area contributed by atoms with Gasteiger partial charge in [-0.2, -0.15) is 0 Å². The van der Waals surface area contributed by atoms with E-state index in [2.05, 4.69) is 16.0 Å². The van der Waals surface area contributed by atoms with Gasteiger partial charge in [0.25, 0.3) is 0 Å². The lowest BCUT2D eigenvalue weighted by atomic mass is 10.1. The number of furan rings is 1. The van der Waals surface area contributed by atoms with Gasteiger partial charge in [0.1, 0.15) is 11.8 Å². The minimum absolute atomic E-state index is 0.264. The molecule has 0 saturated heterocycles. The molecule has 3 amide bonds. The molecule has 2 aromatic rings. The predicted molar refractivity (Wildman–Crippen MR) is 86.7 cm³/mol. The summed E-state index contributed by atoms with van der Waals surface area (Å²) >= 11 is 0. The van der Waals surface area contributed by atoms with Gasteiger partial charge in [-0.1, -0.05) is 30.3 Å². The van der Waals surface area contributed by atoms with E-state index in [0.29, 0.717) is 18.8 Å². The molecule has 0 radical (unpaired) electrons. The number of carbonyl (C=O) groups is 2. The zero-order valence-electron chi connectivity index (χ0n) is 13.0. The summed E-state index contributed by atoms with van der Waals surface area (Å²) in [5.41, 5.74) is 1.15. The summed E-state index contributed by atoms with van der Waals surface area (Å²) in [6.07, 6.45) is 2.29. The molecule has 122 valence electrons. The first-order valence-electron chi connectivity index (χ1n) is 7.53. The Kier molecular flexibility index (Phi) is 6.23. The summed E-state index contributed by atoms with van der Waals surface area (Å²) in [6.45, 7) is 2.44. The average molecular weight is 315 g/mol. The van der Waals surface area contributed by atoms with Gasteiger partial charge < -0.3 is 20.4 Å². The van der Waals surface area contributed by atoms with Crippen molar-refractivity contribution in [1.29, 1.82) is 0 Å². The van der Waals surface area contributed by atoms with Gasteiger partial charge in [-0.05, 0) is 31.0 Å².